The molecular formula is C11H21N3O3. The number of piperazine rings is 1. The molecule has 0 aromatic rings. The second kappa shape index (κ2) is 5.97. The molecule has 1 fully saturated rings. The van der Waals surface area contributed by atoms with Crippen molar-refractivity contribution in [1.29, 1.82) is 0 Å². The van der Waals surface area contributed by atoms with Crippen LogP contribution in [0.2, 0.25) is 0 Å². The van der Waals surface area contributed by atoms with Gasteiger partial charge in [-0.05, 0) is 20.8 Å². The number of amides is 2. The molecule has 98 valence electrons. The van der Waals surface area contributed by atoms with E-state index in [1.807, 2.05) is 0 Å². The maximum absolute atomic E-state index is 11.6. The van der Waals surface area contributed by atoms with E-state index < -0.39 is 6.09 Å². The fraction of sp³-hybridized carbons (Fsp3) is 0.818. The number of carbonyl (C=O) groups is 2. The van der Waals surface area contributed by atoms with Gasteiger partial charge in [0.05, 0.1) is 13.2 Å². The molecule has 0 radical (unpaired) electrons. The van der Waals surface area contributed by atoms with Gasteiger partial charge in [-0.25, -0.2) is 4.79 Å². The van der Waals surface area contributed by atoms with Crippen LogP contribution in [0.1, 0.15) is 20.8 Å². The summed E-state index contributed by atoms with van der Waals surface area (Å²) >= 11 is 0. The quantitative estimate of drug-likeness (QED) is 0.727. The number of nitrogens with zero attached hydrogens (tertiary/aromatic N) is 1. The summed E-state index contributed by atoms with van der Waals surface area (Å²) in [5.74, 6) is -0.321. The molecule has 1 heterocycles. The minimum Gasteiger partial charge on any atom is -0.450 e. The van der Waals surface area contributed by atoms with Gasteiger partial charge < -0.3 is 10.1 Å². The molecular weight excluding hydrogens is 222 g/mol. The number of rotatable bonds is 3. The number of ether oxygens (including phenoxy) is 1. The molecule has 6 heteroatoms. The van der Waals surface area contributed by atoms with Gasteiger partial charge in [0.15, 0.2) is 0 Å². The van der Waals surface area contributed by atoms with E-state index in [0.717, 1.165) is 19.6 Å². The van der Waals surface area contributed by atoms with Crippen LogP contribution in [0.4, 0.5) is 4.79 Å². The number of alkyl carbamates (subject to hydrolysis) is 1. The van der Waals surface area contributed by atoms with Gasteiger partial charge in [-0.3, -0.25) is 15.0 Å². The number of hydrogen-bond donors (Lipinski definition) is 2. The smallest absolute Gasteiger partial charge is 0.413 e. The van der Waals surface area contributed by atoms with E-state index >= 15 is 0 Å². The molecule has 0 aliphatic carbocycles. The first-order chi connectivity index (χ1) is 7.95. The van der Waals surface area contributed by atoms with Gasteiger partial charge in [-0.15, -0.1) is 0 Å². The first kappa shape index (κ1) is 13.9. The maximum Gasteiger partial charge on any atom is 0.413 e. The van der Waals surface area contributed by atoms with E-state index in [0.29, 0.717) is 0 Å². The fourth-order valence-electron chi connectivity index (χ4n) is 1.81. The third-order valence-corrected chi connectivity index (χ3v) is 2.82. The van der Waals surface area contributed by atoms with Crippen molar-refractivity contribution in [3.63, 3.8) is 0 Å². The Labute approximate surface area is 102 Å². The summed E-state index contributed by atoms with van der Waals surface area (Å²) in [5, 5.41) is 5.48. The van der Waals surface area contributed by atoms with Crippen molar-refractivity contribution in [3.05, 3.63) is 0 Å². The molecule has 0 aromatic heterocycles. The molecule has 1 aliphatic heterocycles. The molecule has 2 amide bonds. The molecule has 6 nitrogen and oxygen atoms in total. The number of hydrogen-bond acceptors (Lipinski definition) is 5. The molecule has 0 atom stereocenters. The van der Waals surface area contributed by atoms with Crippen molar-refractivity contribution in [2.24, 2.45) is 0 Å². The van der Waals surface area contributed by atoms with Gasteiger partial charge in [0.25, 0.3) is 0 Å². The largest absolute Gasteiger partial charge is 0.450 e. The van der Waals surface area contributed by atoms with Crippen molar-refractivity contribution in [3.8, 4) is 0 Å². The lowest BCUT2D eigenvalue weighted by molar-refractivity contribution is -0.123. The first-order valence-electron chi connectivity index (χ1n) is 5.88. The molecule has 1 rings (SSSR count). The summed E-state index contributed by atoms with van der Waals surface area (Å²) in [4.78, 5) is 24.7. The standard InChI is InChI=1S/C11H21N3O3/c1-4-17-10(16)13-9(15)7-14-6-5-12-8-11(14,2)3/h12H,4-8H2,1-3H3,(H,13,15,16). The van der Waals surface area contributed by atoms with Crippen LogP contribution in [0.5, 0.6) is 0 Å². The highest BCUT2D eigenvalue weighted by Gasteiger charge is 2.31. The fourth-order valence-corrected chi connectivity index (χ4v) is 1.81. The predicted molar refractivity (Wildman–Crippen MR) is 63.7 cm³/mol. The van der Waals surface area contributed by atoms with Crippen LogP contribution in [0.15, 0.2) is 0 Å². The Morgan fingerprint density at radius 1 is 1.47 bits per heavy atom. The number of imide groups is 1. The average molecular weight is 243 g/mol. The van der Waals surface area contributed by atoms with Crippen molar-refractivity contribution >= 4 is 12.0 Å². The van der Waals surface area contributed by atoms with Crippen LogP contribution in [0.3, 0.4) is 0 Å². The first-order valence-corrected chi connectivity index (χ1v) is 5.88. The van der Waals surface area contributed by atoms with E-state index in [9.17, 15) is 9.59 Å². The Balaban J connectivity index is 2.42. The van der Waals surface area contributed by atoms with Gasteiger partial charge in [0.2, 0.25) is 5.91 Å². The van der Waals surface area contributed by atoms with Gasteiger partial charge in [0.1, 0.15) is 0 Å². The molecule has 1 aliphatic rings. The highest BCUT2D eigenvalue weighted by atomic mass is 16.5. The molecule has 1 saturated heterocycles. The van der Waals surface area contributed by atoms with E-state index in [4.69, 9.17) is 0 Å². The molecule has 2 N–H and O–H groups in total. The van der Waals surface area contributed by atoms with Gasteiger partial charge in [-0.2, -0.15) is 0 Å². The van der Waals surface area contributed by atoms with Crippen LogP contribution in [-0.2, 0) is 9.53 Å². The lowest BCUT2D eigenvalue weighted by Gasteiger charge is -2.42. The molecule has 0 bridgehead atoms. The molecule has 0 spiro atoms. The average Bonchev–Trinajstić information content (AvgIpc) is 2.21. The van der Waals surface area contributed by atoms with Gasteiger partial charge in [0, 0.05) is 25.2 Å². The summed E-state index contributed by atoms with van der Waals surface area (Å²) in [6.07, 6.45) is -0.676. The zero-order valence-electron chi connectivity index (χ0n) is 10.7. The van der Waals surface area contributed by atoms with Crippen molar-refractivity contribution in [2.75, 3.05) is 32.8 Å². The summed E-state index contributed by atoms with van der Waals surface area (Å²) < 4.78 is 4.65. The van der Waals surface area contributed by atoms with Gasteiger partial charge in [-0.1, -0.05) is 0 Å². The molecule has 0 saturated carbocycles. The maximum atomic E-state index is 11.6. The van der Waals surface area contributed by atoms with Crippen LogP contribution in [0.25, 0.3) is 0 Å². The Hall–Kier alpha value is -1.14. The Morgan fingerprint density at radius 3 is 2.76 bits per heavy atom. The number of carbonyl (C=O) groups excluding carboxylic acids is 2. The van der Waals surface area contributed by atoms with E-state index in [2.05, 4.69) is 34.1 Å². The van der Waals surface area contributed by atoms with Gasteiger partial charge >= 0.3 is 6.09 Å². The summed E-state index contributed by atoms with van der Waals surface area (Å²) in [6, 6.07) is 0. The van der Waals surface area contributed by atoms with Crippen molar-refractivity contribution in [2.45, 2.75) is 26.3 Å². The predicted octanol–water partition coefficient (Wildman–Crippen LogP) is -0.0571. The Bertz CT molecular complexity index is 292. The van der Waals surface area contributed by atoms with Crippen molar-refractivity contribution in [1.82, 2.24) is 15.5 Å². The zero-order valence-corrected chi connectivity index (χ0v) is 10.7. The minimum atomic E-state index is -0.676. The summed E-state index contributed by atoms with van der Waals surface area (Å²) in [5.41, 5.74) is -0.0791. The van der Waals surface area contributed by atoms with Crippen LogP contribution in [-0.4, -0.2) is 55.2 Å². The third kappa shape index (κ3) is 4.32. The summed E-state index contributed by atoms with van der Waals surface area (Å²) in [6.45, 7) is 8.79. The van der Waals surface area contributed by atoms with E-state index in [-0.39, 0.29) is 24.6 Å². The zero-order chi connectivity index (χ0) is 12.9. The lowest BCUT2D eigenvalue weighted by atomic mass is 10.0. The summed E-state index contributed by atoms with van der Waals surface area (Å²) in [7, 11) is 0. The van der Waals surface area contributed by atoms with Crippen molar-refractivity contribution < 1.29 is 14.3 Å². The highest BCUT2D eigenvalue weighted by Crippen LogP contribution is 2.15. The second-order valence-electron chi connectivity index (χ2n) is 4.68. The third-order valence-electron chi connectivity index (χ3n) is 2.82. The lowest BCUT2D eigenvalue weighted by Crippen LogP contribution is -2.60. The topological polar surface area (TPSA) is 70.7 Å². The monoisotopic (exact) mass is 243 g/mol. The number of nitrogens with one attached hydrogen (secondary N) is 2. The second-order valence-corrected chi connectivity index (χ2v) is 4.68. The molecule has 17 heavy (non-hydrogen) atoms. The van der Waals surface area contributed by atoms with Crippen LogP contribution in [0, 0.1) is 0 Å². The Morgan fingerprint density at radius 2 is 2.18 bits per heavy atom. The highest BCUT2D eigenvalue weighted by molar-refractivity contribution is 5.92. The normalized spacial score (nSPS) is 19.7. The van der Waals surface area contributed by atoms with E-state index in [1.165, 1.54) is 0 Å². The Kier molecular flexibility index (Phi) is 4.89. The SMILES string of the molecule is CCOC(=O)NC(=O)CN1CCNCC1(C)C. The van der Waals surface area contributed by atoms with E-state index in [1.54, 1.807) is 6.92 Å². The molecule has 0 aromatic carbocycles. The minimum absolute atomic E-state index is 0.0791. The van der Waals surface area contributed by atoms with Crippen LogP contribution >= 0.6 is 0 Å². The van der Waals surface area contributed by atoms with Crippen LogP contribution < -0.4 is 10.6 Å². The molecule has 0 unspecified atom stereocenters.